The molecular formula is C17H27FN2O. The molecule has 3 nitrogen and oxygen atoms in total. The highest BCUT2D eigenvalue weighted by Gasteiger charge is 2.26. The fourth-order valence-electron chi connectivity index (χ4n) is 3.12. The summed E-state index contributed by atoms with van der Waals surface area (Å²) < 4.78 is 20.3. The van der Waals surface area contributed by atoms with Gasteiger partial charge in [-0.3, -0.25) is 0 Å². The molecule has 1 aliphatic carbocycles. The normalized spacial score (nSPS) is 26.1. The van der Waals surface area contributed by atoms with Crippen LogP contribution in [0.5, 0.6) is 5.88 Å². The molecule has 0 radical (unpaired) electrons. The topological polar surface area (TPSA) is 34.1 Å². The van der Waals surface area contributed by atoms with Crippen LogP contribution >= 0.6 is 0 Å². The van der Waals surface area contributed by atoms with Gasteiger partial charge in [0.05, 0.1) is 0 Å². The Labute approximate surface area is 127 Å². The number of pyridine rings is 1. The predicted molar refractivity (Wildman–Crippen MR) is 82.8 cm³/mol. The van der Waals surface area contributed by atoms with Gasteiger partial charge in [0.15, 0.2) is 5.82 Å². The van der Waals surface area contributed by atoms with Crippen LogP contribution in [0.2, 0.25) is 0 Å². The first-order valence-corrected chi connectivity index (χ1v) is 7.99. The van der Waals surface area contributed by atoms with Crippen LogP contribution < -0.4 is 10.1 Å². The summed E-state index contributed by atoms with van der Waals surface area (Å²) in [6, 6.07) is 2.03. The van der Waals surface area contributed by atoms with E-state index in [1.807, 2.05) is 13.8 Å². The van der Waals surface area contributed by atoms with Crippen LogP contribution in [-0.4, -0.2) is 17.1 Å². The zero-order valence-electron chi connectivity index (χ0n) is 13.5. The zero-order chi connectivity index (χ0) is 15.4. The van der Waals surface area contributed by atoms with Crippen molar-refractivity contribution in [3.8, 4) is 5.88 Å². The minimum Gasteiger partial charge on any atom is -0.472 e. The number of hydrogen-bond acceptors (Lipinski definition) is 3. The van der Waals surface area contributed by atoms with Gasteiger partial charge in [-0.15, -0.1) is 0 Å². The second-order valence-corrected chi connectivity index (χ2v) is 6.78. The molecule has 1 heterocycles. The quantitative estimate of drug-likeness (QED) is 0.893. The molecular weight excluding hydrogens is 267 g/mol. The summed E-state index contributed by atoms with van der Waals surface area (Å²) in [5.41, 5.74) is 0.616. The van der Waals surface area contributed by atoms with E-state index in [4.69, 9.17) is 4.74 Å². The largest absolute Gasteiger partial charge is 0.472 e. The van der Waals surface area contributed by atoms with Gasteiger partial charge in [-0.25, -0.2) is 9.37 Å². The molecule has 0 saturated heterocycles. The molecule has 1 saturated carbocycles. The van der Waals surface area contributed by atoms with Gasteiger partial charge in [0.1, 0.15) is 6.10 Å². The maximum Gasteiger partial charge on any atom is 0.250 e. The summed E-state index contributed by atoms with van der Waals surface area (Å²) in [4.78, 5) is 4.09. The van der Waals surface area contributed by atoms with E-state index in [9.17, 15) is 4.39 Å². The van der Waals surface area contributed by atoms with Crippen molar-refractivity contribution >= 4 is 0 Å². The number of ether oxygens (including phenoxy) is 1. The lowest BCUT2D eigenvalue weighted by molar-refractivity contribution is 0.0921. The summed E-state index contributed by atoms with van der Waals surface area (Å²) >= 11 is 0. The number of rotatable bonds is 5. The van der Waals surface area contributed by atoms with Crippen molar-refractivity contribution in [1.82, 2.24) is 10.3 Å². The molecule has 21 heavy (non-hydrogen) atoms. The number of halogens is 1. The molecule has 0 aromatic carbocycles. The van der Waals surface area contributed by atoms with Crippen molar-refractivity contribution in [2.24, 2.45) is 11.8 Å². The van der Waals surface area contributed by atoms with Crippen LogP contribution in [-0.2, 0) is 6.54 Å². The van der Waals surface area contributed by atoms with Gasteiger partial charge in [-0.05, 0) is 37.2 Å². The number of aromatic nitrogens is 1. The molecule has 2 atom stereocenters. The van der Waals surface area contributed by atoms with E-state index in [1.54, 1.807) is 12.3 Å². The highest BCUT2D eigenvalue weighted by atomic mass is 19.1. The number of nitrogens with zero attached hydrogens (tertiary/aromatic N) is 1. The first kappa shape index (κ1) is 16.2. The summed E-state index contributed by atoms with van der Waals surface area (Å²) in [7, 11) is 0. The van der Waals surface area contributed by atoms with Crippen molar-refractivity contribution in [1.29, 1.82) is 0 Å². The van der Waals surface area contributed by atoms with Crippen LogP contribution in [0.4, 0.5) is 4.39 Å². The molecule has 1 aromatic heterocycles. The van der Waals surface area contributed by atoms with Crippen LogP contribution in [0.15, 0.2) is 12.3 Å². The predicted octanol–water partition coefficient (Wildman–Crippen LogP) is 3.92. The SMILES string of the molecule is CC1CC(C)CC(Oc2nccc(CNC(C)C)c2F)C1. The van der Waals surface area contributed by atoms with Crippen LogP contribution in [0.1, 0.15) is 52.5 Å². The molecule has 0 aliphatic heterocycles. The molecule has 2 unspecified atom stereocenters. The number of nitrogens with one attached hydrogen (secondary N) is 1. The summed E-state index contributed by atoms with van der Waals surface area (Å²) in [5, 5.41) is 3.22. The minimum absolute atomic E-state index is 0.0825. The van der Waals surface area contributed by atoms with Crippen LogP contribution in [0, 0.1) is 17.7 Å². The maximum atomic E-state index is 14.4. The molecule has 0 amide bonds. The highest BCUT2D eigenvalue weighted by molar-refractivity contribution is 5.23. The molecule has 1 fully saturated rings. The average Bonchev–Trinajstić information content (AvgIpc) is 2.38. The van der Waals surface area contributed by atoms with Crippen molar-refractivity contribution in [2.75, 3.05) is 0 Å². The molecule has 2 rings (SSSR count). The number of hydrogen-bond donors (Lipinski definition) is 1. The van der Waals surface area contributed by atoms with Crippen LogP contribution in [0.25, 0.3) is 0 Å². The lowest BCUT2D eigenvalue weighted by Crippen LogP contribution is -2.29. The summed E-state index contributed by atoms with van der Waals surface area (Å²) in [5.74, 6) is 1.10. The van der Waals surface area contributed by atoms with Gasteiger partial charge in [0.2, 0.25) is 0 Å². The third-order valence-electron chi connectivity index (χ3n) is 4.05. The Hall–Kier alpha value is -1.16. The Kier molecular flexibility index (Phi) is 5.57. The average molecular weight is 294 g/mol. The monoisotopic (exact) mass is 294 g/mol. The Balaban J connectivity index is 2.04. The highest BCUT2D eigenvalue weighted by Crippen LogP contribution is 2.31. The molecule has 1 N–H and O–H groups in total. The Morgan fingerprint density at radius 2 is 1.95 bits per heavy atom. The Morgan fingerprint density at radius 1 is 1.29 bits per heavy atom. The van der Waals surface area contributed by atoms with E-state index >= 15 is 0 Å². The minimum atomic E-state index is -0.323. The van der Waals surface area contributed by atoms with Crippen LogP contribution in [0.3, 0.4) is 0 Å². The first-order chi connectivity index (χ1) is 9.95. The van der Waals surface area contributed by atoms with E-state index < -0.39 is 0 Å². The lowest BCUT2D eigenvalue weighted by Gasteiger charge is -2.31. The Morgan fingerprint density at radius 3 is 2.57 bits per heavy atom. The third kappa shape index (κ3) is 4.67. The molecule has 1 aromatic rings. The molecule has 118 valence electrons. The molecule has 1 aliphatic rings. The van der Waals surface area contributed by atoms with Gasteiger partial charge in [-0.2, -0.15) is 0 Å². The van der Waals surface area contributed by atoms with E-state index in [1.165, 1.54) is 6.42 Å². The van der Waals surface area contributed by atoms with Gasteiger partial charge < -0.3 is 10.1 Å². The second kappa shape index (κ2) is 7.21. The van der Waals surface area contributed by atoms with Gasteiger partial charge >= 0.3 is 0 Å². The molecule has 4 heteroatoms. The summed E-state index contributed by atoms with van der Waals surface area (Å²) in [6.45, 7) is 9.06. The lowest BCUT2D eigenvalue weighted by atomic mass is 9.82. The van der Waals surface area contributed by atoms with Gasteiger partial charge in [-0.1, -0.05) is 27.7 Å². The van der Waals surface area contributed by atoms with Crippen molar-refractivity contribution < 1.29 is 9.13 Å². The van der Waals surface area contributed by atoms with E-state index in [0.29, 0.717) is 30.0 Å². The Bertz CT molecular complexity index is 454. The third-order valence-corrected chi connectivity index (χ3v) is 4.05. The van der Waals surface area contributed by atoms with Crippen molar-refractivity contribution in [2.45, 2.75) is 65.6 Å². The fraction of sp³-hybridized carbons (Fsp3) is 0.706. The standard InChI is InChI=1S/C17H27FN2O/c1-11(2)20-10-14-5-6-19-17(16(14)18)21-15-8-12(3)7-13(4)9-15/h5-6,11-13,15,20H,7-10H2,1-4H3. The maximum absolute atomic E-state index is 14.4. The smallest absolute Gasteiger partial charge is 0.250 e. The zero-order valence-corrected chi connectivity index (χ0v) is 13.5. The van der Waals surface area contributed by atoms with Crippen molar-refractivity contribution in [3.63, 3.8) is 0 Å². The molecule has 0 bridgehead atoms. The second-order valence-electron chi connectivity index (χ2n) is 6.78. The van der Waals surface area contributed by atoms with Gasteiger partial charge in [0, 0.05) is 24.3 Å². The molecule has 0 spiro atoms. The van der Waals surface area contributed by atoms with E-state index in [2.05, 4.69) is 24.1 Å². The summed E-state index contributed by atoms with van der Waals surface area (Å²) in [6.07, 6.45) is 4.92. The van der Waals surface area contributed by atoms with Crippen molar-refractivity contribution in [3.05, 3.63) is 23.6 Å². The van der Waals surface area contributed by atoms with Gasteiger partial charge in [0.25, 0.3) is 5.88 Å². The van der Waals surface area contributed by atoms with E-state index in [-0.39, 0.29) is 17.8 Å². The first-order valence-electron chi connectivity index (χ1n) is 7.99. The fourth-order valence-corrected chi connectivity index (χ4v) is 3.12. The van der Waals surface area contributed by atoms with E-state index in [0.717, 1.165) is 12.8 Å².